The van der Waals surface area contributed by atoms with Crippen molar-refractivity contribution in [2.24, 2.45) is 0 Å². The van der Waals surface area contributed by atoms with Gasteiger partial charge in [0, 0.05) is 17.4 Å². The number of nitrogens with one attached hydrogen (secondary N) is 1. The summed E-state index contributed by atoms with van der Waals surface area (Å²) in [5, 5.41) is 7.11. The molecule has 9 heteroatoms. The van der Waals surface area contributed by atoms with Crippen LogP contribution in [0.3, 0.4) is 0 Å². The SMILES string of the molecule is COC(=O)C(C)n1nc2nc(Nc3ccc(C)c(F)c3)cc(C)n2c1=O. The molecule has 1 aromatic carbocycles. The highest BCUT2D eigenvalue weighted by Crippen LogP contribution is 2.19. The molecule has 0 radical (unpaired) electrons. The minimum Gasteiger partial charge on any atom is -0.467 e. The van der Waals surface area contributed by atoms with Crippen molar-refractivity contribution < 1.29 is 13.9 Å². The predicted octanol–water partition coefficient (Wildman–Crippen LogP) is 2.12. The maximum Gasteiger partial charge on any atom is 0.352 e. The normalized spacial score (nSPS) is 12.2. The second kappa shape index (κ2) is 6.58. The molecule has 0 aliphatic rings. The Labute approximate surface area is 148 Å². The van der Waals surface area contributed by atoms with Gasteiger partial charge in [-0.1, -0.05) is 6.07 Å². The van der Waals surface area contributed by atoms with Crippen molar-refractivity contribution in [1.82, 2.24) is 19.2 Å². The van der Waals surface area contributed by atoms with Gasteiger partial charge in [-0.25, -0.2) is 18.4 Å². The number of hydrogen-bond donors (Lipinski definition) is 1. The number of aromatic nitrogens is 4. The maximum atomic E-state index is 13.7. The van der Waals surface area contributed by atoms with Gasteiger partial charge in [-0.3, -0.25) is 0 Å². The van der Waals surface area contributed by atoms with Gasteiger partial charge in [0.25, 0.3) is 5.78 Å². The largest absolute Gasteiger partial charge is 0.467 e. The number of nitrogens with zero attached hydrogens (tertiary/aromatic N) is 4. The second-order valence-electron chi connectivity index (χ2n) is 5.93. The number of ether oxygens (including phenoxy) is 1. The van der Waals surface area contributed by atoms with E-state index in [1.54, 1.807) is 32.0 Å². The molecular formula is C17H18FN5O3. The molecule has 0 saturated carbocycles. The molecule has 0 amide bonds. The van der Waals surface area contributed by atoms with Gasteiger partial charge in [0.15, 0.2) is 6.04 Å². The lowest BCUT2D eigenvalue weighted by atomic mass is 10.2. The Kier molecular flexibility index (Phi) is 4.45. The molecule has 3 rings (SSSR count). The van der Waals surface area contributed by atoms with Crippen molar-refractivity contribution in [3.63, 3.8) is 0 Å². The molecule has 1 N–H and O–H groups in total. The second-order valence-corrected chi connectivity index (χ2v) is 5.93. The zero-order valence-electron chi connectivity index (χ0n) is 14.8. The molecule has 0 saturated heterocycles. The van der Waals surface area contributed by atoms with Gasteiger partial charge in [-0.15, -0.1) is 5.10 Å². The third-order valence-corrected chi connectivity index (χ3v) is 4.06. The smallest absolute Gasteiger partial charge is 0.352 e. The highest BCUT2D eigenvalue weighted by molar-refractivity contribution is 5.73. The number of aryl methyl sites for hydroxylation is 2. The minimum atomic E-state index is -0.879. The average Bonchev–Trinajstić information content (AvgIpc) is 2.93. The van der Waals surface area contributed by atoms with Gasteiger partial charge in [0.05, 0.1) is 7.11 Å². The highest BCUT2D eigenvalue weighted by Gasteiger charge is 2.22. The molecule has 0 aliphatic heterocycles. The lowest BCUT2D eigenvalue weighted by molar-refractivity contribution is -0.144. The van der Waals surface area contributed by atoms with E-state index >= 15 is 0 Å². The molecule has 0 fully saturated rings. The molecule has 3 aromatic rings. The number of methoxy groups -OCH3 is 1. The van der Waals surface area contributed by atoms with E-state index in [2.05, 4.69) is 20.1 Å². The molecule has 8 nitrogen and oxygen atoms in total. The summed E-state index contributed by atoms with van der Waals surface area (Å²) < 4.78 is 20.7. The fraction of sp³-hybridized carbons (Fsp3) is 0.294. The van der Waals surface area contributed by atoms with Gasteiger partial charge < -0.3 is 10.1 Å². The van der Waals surface area contributed by atoms with E-state index < -0.39 is 17.7 Å². The number of rotatable bonds is 4. The summed E-state index contributed by atoms with van der Waals surface area (Å²) >= 11 is 0. The monoisotopic (exact) mass is 359 g/mol. The average molecular weight is 359 g/mol. The predicted molar refractivity (Wildman–Crippen MR) is 93.1 cm³/mol. The van der Waals surface area contributed by atoms with Crippen molar-refractivity contribution in [2.75, 3.05) is 12.4 Å². The first-order chi connectivity index (χ1) is 12.3. The third kappa shape index (κ3) is 3.03. The number of fused-ring (bicyclic) bond motifs is 1. The molecule has 1 unspecified atom stereocenters. The molecule has 2 heterocycles. The van der Waals surface area contributed by atoms with Crippen molar-refractivity contribution in [2.45, 2.75) is 26.8 Å². The van der Waals surface area contributed by atoms with Crippen LogP contribution in [0.4, 0.5) is 15.9 Å². The summed E-state index contributed by atoms with van der Waals surface area (Å²) in [4.78, 5) is 28.5. The maximum absolute atomic E-state index is 13.7. The summed E-state index contributed by atoms with van der Waals surface area (Å²) in [7, 11) is 1.24. The van der Waals surface area contributed by atoms with Crippen molar-refractivity contribution >= 4 is 23.3 Å². The van der Waals surface area contributed by atoms with Crippen LogP contribution in [0.1, 0.15) is 24.2 Å². The van der Waals surface area contributed by atoms with Crippen molar-refractivity contribution in [3.05, 3.63) is 51.8 Å². The topological polar surface area (TPSA) is 90.5 Å². The fourth-order valence-electron chi connectivity index (χ4n) is 2.56. The van der Waals surface area contributed by atoms with Gasteiger partial charge >= 0.3 is 11.7 Å². The number of carbonyl (C=O) groups excluding carboxylic acids is 1. The zero-order chi connectivity index (χ0) is 19.0. The molecule has 0 aliphatic carbocycles. The Bertz CT molecular complexity index is 1060. The van der Waals surface area contributed by atoms with Crippen LogP contribution in [0, 0.1) is 19.7 Å². The highest BCUT2D eigenvalue weighted by atomic mass is 19.1. The quantitative estimate of drug-likeness (QED) is 0.718. The van der Waals surface area contributed by atoms with Crippen LogP contribution < -0.4 is 11.0 Å². The number of anilines is 2. The fourth-order valence-corrected chi connectivity index (χ4v) is 2.56. The van der Waals surface area contributed by atoms with Crippen LogP contribution in [0.2, 0.25) is 0 Å². The molecule has 26 heavy (non-hydrogen) atoms. The van der Waals surface area contributed by atoms with E-state index in [4.69, 9.17) is 0 Å². The van der Waals surface area contributed by atoms with Gasteiger partial charge in [0.1, 0.15) is 11.6 Å². The lowest BCUT2D eigenvalue weighted by Crippen LogP contribution is -2.29. The van der Waals surface area contributed by atoms with Gasteiger partial charge in [0.2, 0.25) is 0 Å². The summed E-state index contributed by atoms with van der Waals surface area (Å²) in [5.41, 5.74) is 1.14. The number of benzene rings is 1. The van der Waals surface area contributed by atoms with Crippen LogP contribution in [0.5, 0.6) is 0 Å². The number of hydrogen-bond acceptors (Lipinski definition) is 6. The van der Waals surface area contributed by atoms with E-state index in [9.17, 15) is 14.0 Å². The molecule has 1 atom stereocenters. The Morgan fingerprint density at radius 2 is 2.04 bits per heavy atom. The van der Waals surface area contributed by atoms with Crippen molar-refractivity contribution in [3.8, 4) is 0 Å². The summed E-state index contributed by atoms with van der Waals surface area (Å²) in [6.07, 6.45) is 0. The van der Waals surface area contributed by atoms with Gasteiger partial charge in [-0.2, -0.15) is 9.67 Å². The minimum absolute atomic E-state index is 0.126. The first-order valence-corrected chi connectivity index (χ1v) is 7.91. The van der Waals surface area contributed by atoms with Crippen LogP contribution in [-0.2, 0) is 9.53 Å². The Balaban J connectivity index is 2.03. The molecule has 2 aromatic heterocycles. The van der Waals surface area contributed by atoms with E-state index in [0.717, 1.165) is 4.68 Å². The molecule has 0 spiro atoms. The molecule has 136 valence electrons. The van der Waals surface area contributed by atoms with Crippen LogP contribution in [0.15, 0.2) is 29.1 Å². The molecule has 0 bridgehead atoms. The van der Waals surface area contributed by atoms with E-state index in [1.807, 2.05) is 0 Å². The van der Waals surface area contributed by atoms with Crippen LogP contribution in [-0.4, -0.2) is 32.2 Å². The summed E-state index contributed by atoms with van der Waals surface area (Å²) in [6, 6.07) is 5.50. The van der Waals surface area contributed by atoms with E-state index in [0.29, 0.717) is 22.8 Å². The summed E-state index contributed by atoms with van der Waals surface area (Å²) in [5.74, 6) is -0.385. The Morgan fingerprint density at radius 1 is 1.31 bits per heavy atom. The van der Waals surface area contributed by atoms with E-state index in [1.165, 1.54) is 24.5 Å². The zero-order valence-corrected chi connectivity index (χ0v) is 14.8. The number of halogens is 1. The van der Waals surface area contributed by atoms with E-state index in [-0.39, 0.29) is 11.6 Å². The number of esters is 1. The first kappa shape index (κ1) is 17.6. The Morgan fingerprint density at radius 3 is 2.69 bits per heavy atom. The molecular weight excluding hydrogens is 341 g/mol. The van der Waals surface area contributed by atoms with Crippen LogP contribution >= 0.6 is 0 Å². The lowest BCUT2D eigenvalue weighted by Gasteiger charge is -2.08. The third-order valence-electron chi connectivity index (χ3n) is 4.06. The first-order valence-electron chi connectivity index (χ1n) is 7.91. The number of carbonyl (C=O) groups is 1. The van der Waals surface area contributed by atoms with Crippen molar-refractivity contribution in [1.29, 1.82) is 0 Å². The van der Waals surface area contributed by atoms with Gasteiger partial charge in [-0.05, 0) is 38.5 Å². The van der Waals surface area contributed by atoms with Crippen LogP contribution in [0.25, 0.3) is 5.78 Å². The summed E-state index contributed by atoms with van der Waals surface area (Å²) in [6.45, 7) is 4.91. The standard InChI is InChI=1S/C17H18FN5O3/c1-9-5-6-12(8-13(9)18)19-14-7-10(2)22-16(20-14)21-23(17(22)25)11(3)15(24)26-4/h5-8,11H,1-4H3,(H,19,20,21). The Hall–Kier alpha value is -3.23.